The van der Waals surface area contributed by atoms with Gasteiger partial charge in [0.15, 0.2) is 0 Å². The first-order valence-corrected chi connectivity index (χ1v) is 9.16. The van der Waals surface area contributed by atoms with Gasteiger partial charge in [0.05, 0.1) is 10.7 Å². The van der Waals surface area contributed by atoms with E-state index in [1.165, 1.54) is 0 Å². The van der Waals surface area contributed by atoms with Gasteiger partial charge < -0.3 is 15.4 Å². The number of aromatic nitrogens is 1. The predicted molar refractivity (Wildman–Crippen MR) is 95.6 cm³/mol. The number of ether oxygens (including phenoxy) is 1. The fourth-order valence-corrected chi connectivity index (χ4v) is 3.49. The number of hydrogen-bond acceptors (Lipinski definition) is 5. The number of nitrogens with zero attached hydrogens (tertiary/aromatic N) is 1. The van der Waals surface area contributed by atoms with Crippen LogP contribution >= 0.6 is 11.3 Å². The summed E-state index contributed by atoms with van der Waals surface area (Å²) in [5.41, 5.74) is 1.55. The SMILES string of the molecule is Cc1nc(COc2cccc(C(=O)NC3CCNC(C)C3)c2)cs1. The number of carbonyl (C=O) groups is 1. The molecule has 2 unspecified atom stereocenters. The van der Waals surface area contributed by atoms with E-state index in [1.54, 1.807) is 17.4 Å². The summed E-state index contributed by atoms with van der Waals surface area (Å²) >= 11 is 1.61. The summed E-state index contributed by atoms with van der Waals surface area (Å²) in [4.78, 5) is 16.8. The highest BCUT2D eigenvalue weighted by Gasteiger charge is 2.20. The van der Waals surface area contributed by atoms with Crippen molar-refractivity contribution in [3.8, 4) is 5.75 Å². The molecular formula is C18H23N3O2S. The predicted octanol–water partition coefficient (Wildman–Crippen LogP) is 2.90. The van der Waals surface area contributed by atoms with Crippen LogP contribution in [-0.4, -0.2) is 29.5 Å². The van der Waals surface area contributed by atoms with Crippen LogP contribution in [0.5, 0.6) is 5.75 Å². The van der Waals surface area contributed by atoms with Crippen molar-refractivity contribution >= 4 is 17.2 Å². The molecule has 0 radical (unpaired) electrons. The first-order chi connectivity index (χ1) is 11.6. The number of piperidine rings is 1. The molecule has 0 aliphatic carbocycles. The molecule has 2 aromatic rings. The van der Waals surface area contributed by atoms with Gasteiger partial charge >= 0.3 is 0 Å². The number of thiazole rings is 1. The first-order valence-electron chi connectivity index (χ1n) is 8.28. The molecule has 1 amide bonds. The second-order valence-corrected chi connectivity index (χ2v) is 7.29. The van der Waals surface area contributed by atoms with Gasteiger partial charge in [-0.1, -0.05) is 6.07 Å². The van der Waals surface area contributed by atoms with Crippen LogP contribution in [0.1, 0.15) is 40.8 Å². The molecule has 5 nitrogen and oxygen atoms in total. The highest BCUT2D eigenvalue weighted by Crippen LogP contribution is 2.17. The Labute approximate surface area is 146 Å². The topological polar surface area (TPSA) is 63.2 Å². The van der Waals surface area contributed by atoms with Crippen molar-refractivity contribution < 1.29 is 9.53 Å². The fraction of sp³-hybridized carbons (Fsp3) is 0.444. The molecule has 2 N–H and O–H groups in total. The van der Waals surface area contributed by atoms with Crippen molar-refractivity contribution in [1.29, 1.82) is 0 Å². The maximum absolute atomic E-state index is 12.5. The van der Waals surface area contributed by atoms with Gasteiger partial charge in [-0.05, 0) is 51.4 Å². The van der Waals surface area contributed by atoms with E-state index in [1.807, 2.05) is 30.5 Å². The van der Waals surface area contributed by atoms with Crippen LogP contribution < -0.4 is 15.4 Å². The van der Waals surface area contributed by atoms with Crippen LogP contribution in [0.15, 0.2) is 29.6 Å². The maximum atomic E-state index is 12.5. The Bertz CT molecular complexity index is 701. The van der Waals surface area contributed by atoms with E-state index >= 15 is 0 Å². The van der Waals surface area contributed by atoms with Gasteiger partial charge in [0.25, 0.3) is 5.91 Å². The number of amides is 1. The zero-order valence-electron chi connectivity index (χ0n) is 14.0. The Morgan fingerprint density at radius 3 is 3.12 bits per heavy atom. The van der Waals surface area contributed by atoms with Gasteiger partial charge in [0.2, 0.25) is 0 Å². The Morgan fingerprint density at radius 1 is 1.50 bits per heavy atom. The molecule has 1 aromatic heterocycles. The van der Waals surface area contributed by atoms with E-state index in [-0.39, 0.29) is 11.9 Å². The lowest BCUT2D eigenvalue weighted by atomic mass is 10.0. The summed E-state index contributed by atoms with van der Waals surface area (Å²) in [5.74, 6) is 0.649. The molecule has 0 spiro atoms. The average Bonchev–Trinajstić information content (AvgIpc) is 2.99. The van der Waals surface area contributed by atoms with E-state index in [0.29, 0.717) is 24.0 Å². The Morgan fingerprint density at radius 2 is 2.38 bits per heavy atom. The highest BCUT2D eigenvalue weighted by atomic mass is 32.1. The van der Waals surface area contributed by atoms with Gasteiger partial charge in [0, 0.05) is 23.0 Å². The van der Waals surface area contributed by atoms with Crippen molar-refractivity contribution in [3.05, 3.63) is 45.9 Å². The van der Waals surface area contributed by atoms with Crippen LogP contribution in [0.4, 0.5) is 0 Å². The van der Waals surface area contributed by atoms with E-state index < -0.39 is 0 Å². The fourth-order valence-electron chi connectivity index (χ4n) is 2.89. The van der Waals surface area contributed by atoms with E-state index in [0.717, 1.165) is 30.1 Å². The molecule has 1 aliphatic heterocycles. The Kier molecular flexibility index (Phi) is 5.48. The van der Waals surface area contributed by atoms with Crippen molar-refractivity contribution in [3.63, 3.8) is 0 Å². The van der Waals surface area contributed by atoms with Crippen LogP contribution in [0.3, 0.4) is 0 Å². The van der Waals surface area contributed by atoms with Gasteiger partial charge in [-0.3, -0.25) is 4.79 Å². The number of hydrogen-bond donors (Lipinski definition) is 2. The molecule has 0 bridgehead atoms. The lowest BCUT2D eigenvalue weighted by Crippen LogP contribution is -2.46. The molecule has 128 valence electrons. The minimum atomic E-state index is -0.0379. The molecular weight excluding hydrogens is 322 g/mol. The highest BCUT2D eigenvalue weighted by molar-refractivity contribution is 7.09. The number of carbonyl (C=O) groups excluding carboxylic acids is 1. The third kappa shape index (κ3) is 4.55. The van der Waals surface area contributed by atoms with Gasteiger partial charge in [-0.25, -0.2) is 4.98 Å². The van der Waals surface area contributed by atoms with Crippen molar-refractivity contribution in [1.82, 2.24) is 15.6 Å². The third-order valence-electron chi connectivity index (χ3n) is 4.11. The molecule has 1 fully saturated rings. The summed E-state index contributed by atoms with van der Waals surface area (Å²) in [7, 11) is 0. The third-order valence-corrected chi connectivity index (χ3v) is 4.93. The van der Waals surface area contributed by atoms with E-state index in [4.69, 9.17) is 4.74 Å². The number of rotatable bonds is 5. The quantitative estimate of drug-likeness (QED) is 0.875. The van der Waals surface area contributed by atoms with Crippen LogP contribution in [0.25, 0.3) is 0 Å². The van der Waals surface area contributed by atoms with Crippen molar-refractivity contribution in [2.75, 3.05) is 6.54 Å². The summed E-state index contributed by atoms with van der Waals surface area (Å²) in [6.45, 7) is 5.48. The van der Waals surface area contributed by atoms with Crippen molar-refractivity contribution in [2.45, 2.75) is 45.4 Å². The maximum Gasteiger partial charge on any atom is 0.251 e. The van der Waals surface area contributed by atoms with Gasteiger partial charge in [-0.2, -0.15) is 0 Å². The van der Waals surface area contributed by atoms with Crippen LogP contribution in [-0.2, 0) is 6.61 Å². The summed E-state index contributed by atoms with van der Waals surface area (Å²) < 4.78 is 5.76. The first kappa shape index (κ1) is 16.9. The second-order valence-electron chi connectivity index (χ2n) is 6.22. The van der Waals surface area contributed by atoms with E-state index in [2.05, 4.69) is 22.5 Å². The Balaban J connectivity index is 1.58. The molecule has 24 heavy (non-hydrogen) atoms. The second kappa shape index (κ2) is 7.77. The largest absolute Gasteiger partial charge is 0.487 e. The summed E-state index contributed by atoms with van der Waals surface area (Å²) in [5, 5.41) is 9.53. The standard InChI is InChI=1S/C18H23N3O2S/c1-12-8-15(6-7-19-12)21-18(22)14-4-3-5-17(9-14)23-10-16-11-24-13(2)20-16/h3-5,9,11-12,15,19H,6-8,10H2,1-2H3,(H,21,22). The lowest BCUT2D eigenvalue weighted by Gasteiger charge is -2.28. The van der Waals surface area contributed by atoms with E-state index in [9.17, 15) is 4.79 Å². The average molecular weight is 345 g/mol. The minimum Gasteiger partial charge on any atom is -0.487 e. The lowest BCUT2D eigenvalue weighted by molar-refractivity contribution is 0.0925. The minimum absolute atomic E-state index is 0.0379. The molecule has 1 aromatic carbocycles. The molecule has 1 saturated heterocycles. The van der Waals surface area contributed by atoms with Crippen molar-refractivity contribution in [2.24, 2.45) is 0 Å². The zero-order valence-corrected chi connectivity index (χ0v) is 14.9. The normalized spacial score (nSPS) is 20.6. The summed E-state index contributed by atoms with van der Waals surface area (Å²) in [6, 6.07) is 8.00. The number of benzene rings is 1. The molecule has 3 rings (SSSR count). The van der Waals surface area contributed by atoms with Crippen LogP contribution in [0, 0.1) is 6.92 Å². The molecule has 6 heteroatoms. The molecule has 2 atom stereocenters. The summed E-state index contributed by atoms with van der Waals surface area (Å²) in [6.07, 6.45) is 1.93. The molecule has 0 saturated carbocycles. The molecule has 1 aliphatic rings. The Hall–Kier alpha value is -1.92. The molecule has 2 heterocycles. The number of nitrogens with one attached hydrogen (secondary N) is 2. The van der Waals surface area contributed by atoms with Gasteiger partial charge in [0.1, 0.15) is 12.4 Å². The number of aryl methyl sites for hydroxylation is 1. The monoisotopic (exact) mass is 345 g/mol. The van der Waals surface area contributed by atoms with Gasteiger partial charge in [-0.15, -0.1) is 11.3 Å². The zero-order chi connectivity index (χ0) is 16.9. The van der Waals surface area contributed by atoms with Crippen LogP contribution in [0.2, 0.25) is 0 Å². The smallest absolute Gasteiger partial charge is 0.251 e.